The molecule has 2 aliphatic rings. The van der Waals surface area contributed by atoms with Gasteiger partial charge in [-0.25, -0.2) is 9.78 Å². The van der Waals surface area contributed by atoms with E-state index in [1.54, 1.807) is 13.8 Å². The van der Waals surface area contributed by atoms with Crippen molar-refractivity contribution in [3.63, 3.8) is 0 Å². The molecule has 1 aliphatic heterocycles. The molecule has 4 rings (SSSR count). The fourth-order valence-corrected chi connectivity index (χ4v) is 4.64. The average Bonchev–Trinajstić information content (AvgIpc) is 3.64. The number of nitrogens with zero attached hydrogens (tertiary/aromatic N) is 2. The summed E-state index contributed by atoms with van der Waals surface area (Å²) < 4.78 is 125. The van der Waals surface area contributed by atoms with Gasteiger partial charge in [-0.05, 0) is 74.9 Å². The molecule has 1 amide bonds. The minimum atomic E-state index is -5.05. The second-order valence-electron chi connectivity index (χ2n) is 9.89. The van der Waals surface area contributed by atoms with Crippen LogP contribution in [0.3, 0.4) is 0 Å². The van der Waals surface area contributed by atoms with Crippen LogP contribution in [0.2, 0.25) is 0 Å². The molecule has 0 saturated heterocycles. The number of aromatic nitrogens is 1. The minimum absolute atomic E-state index is 0.00207. The van der Waals surface area contributed by atoms with Gasteiger partial charge in [0.15, 0.2) is 0 Å². The third-order valence-corrected chi connectivity index (χ3v) is 6.49. The zero-order valence-corrected chi connectivity index (χ0v) is 20.6. The summed E-state index contributed by atoms with van der Waals surface area (Å²) >= 11 is 0. The predicted molar refractivity (Wildman–Crippen MR) is 120 cm³/mol. The number of nitrogens with one attached hydrogen (secondary N) is 1. The number of alkyl halides is 9. The van der Waals surface area contributed by atoms with Gasteiger partial charge in [0.25, 0.3) is 0 Å². The number of halogens is 9. The number of pyridine rings is 1. The van der Waals surface area contributed by atoms with Crippen molar-refractivity contribution in [3.8, 4) is 0 Å². The first-order chi connectivity index (χ1) is 17.9. The van der Waals surface area contributed by atoms with Crippen molar-refractivity contribution in [2.45, 2.75) is 76.4 Å². The molecule has 0 radical (unpaired) electrons. The van der Waals surface area contributed by atoms with E-state index >= 15 is 0 Å². The van der Waals surface area contributed by atoms with Gasteiger partial charge in [-0.2, -0.15) is 39.5 Å². The number of anilines is 1. The fourth-order valence-electron chi connectivity index (χ4n) is 4.64. The SMILES string of the molecule is CC(C)OC(=O)N1c2ccc(C(F)(F)F)nc2C(NCc2cc(C(F)(F)F)cc(C(F)(F)F)c2)CC1C1CC1. The van der Waals surface area contributed by atoms with Gasteiger partial charge in [0, 0.05) is 12.6 Å². The van der Waals surface area contributed by atoms with Gasteiger partial charge in [0.1, 0.15) is 5.69 Å². The highest BCUT2D eigenvalue weighted by atomic mass is 19.4. The van der Waals surface area contributed by atoms with E-state index in [1.165, 1.54) is 4.90 Å². The van der Waals surface area contributed by atoms with Gasteiger partial charge in [-0.1, -0.05) is 0 Å². The normalized spacial score (nSPS) is 20.3. The van der Waals surface area contributed by atoms with Crippen molar-refractivity contribution in [1.29, 1.82) is 0 Å². The molecule has 214 valence electrons. The molecular weight excluding hydrogens is 545 g/mol. The molecule has 39 heavy (non-hydrogen) atoms. The Morgan fingerprint density at radius 2 is 1.56 bits per heavy atom. The molecule has 2 unspecified atom stereocenters. The topological polar surface area (TPSA) is 54.5 Å². The van der Waals surface area contributed by atoms with Crippen molar-refractivity contribution >= 4 is 11.8 Å². The summed E-state index contributed by atoms with van der Waals surface area (Å²) in [6.45, 7) is 2.69. The lowest BCUT2D eigenvalue weighted by Crippen LogP contribution is -2.49. The summed E-state index contributed by atoms with van der Waals surface area (Å²) in [5.41, 5.74) is -4.80. The number of carbonyl (C=O) groups excluding carboxylic acids is 1. The van der Waals surface area contributed by atoms with E-state index in [-0.39, 0.29) is 35.3 Å². The van der Waals surface area contributed by atoms with Crippen LogP contribution in [0.4, 0.5) is 50.0 Å². The summed E-state index contributed by atoms with van der Waals surface area (Å²) in [6.07, 6.45) is -14.7. The number of benzene rings is 1. The van der Waals surface area contributed by atoms with E-state index in [0.717, 1.165) is 18.9 Å². The molecule has 14 heteroatoms. The number of amides is 1. The third-order valence-electron chi connectivity index (χ3n) is 6.49. The minimum Gasteiger partial charge on any atom is -0.446 e. The van der Waals surface area contributed by atoms with Crippen LogP contribution in [0.15, 0.2) is 30.3 Å². The Balaban J connectivity index is 1.73. The highest BCUT2D eigenvalue weighted by molar-refractivity contribution is 5.90. The Bertz CT molecular complexity index is 1190. The maximum Gasteiger partial charge on any atom is 0.433 e. The molecule has 5 nitrogen and oxygen atoms in total. The molecule has 2 aromatic rings. The molecular formula is C25H24F9N3O2. The van der Waals surface area contributed by atoms with Crippen LogP contribution in [-0.4, -0.2) is 23.2 Å². The van der Waals surface area contributed by atoms with E-state index < -0.39 is 66.2 Å². The van der Waals surface area contributed by atoms with Crippen LogP contribution < -0.4 is 10.2 Å². The number of hydrogen-bond acceptors (Lipinski definition) is 4. The van der Waals surface area contributed by atoms with Crippen molar-refractivity contribution in [2.24, 2.45) is 5.92 Å². The smallest absolute Gasteiger partial charge is 0.433 e. The average molecular weight is 569 g/mol. The van der Waals surface area contributed by atoms with Crippen molar-refractivity contribution in [3.05, 3.63) is 58.4 Å². The summed E-state index contributed by atoms with van der Waals surface area (Å²) in [7, 11) is 0. The summed E-state index contributed by atoms with van der Waals surface area (Å²) in [4.78, 5) is 17.9. The monoisotopic (exact) mass is 569 g/mol. The van der Waals surface area contributed by atoms with E-state index in [9.17, 15) is 44.3 Å². The highest BCUT2D eigenvalue weighted by Crippen LogP contribution is 2.47. The van der Waals surface area contributed by atoms with Crippen molar-refractivity contribution < 1.29 is 49.0 Å². The van der Waals surface area contributed by atoms with Gasteiger partial charge < -0.3 is 10.1 Å². The quantitative estimate of drug-likeness (QED) is 0.379. The summed E-state index contributed by atoms with van der Waals surface area (Å²) in [5, 5.41) is 2.80. The van der Waals surface area contributed by atoms with Crippen LogP contribution in [0, 0.1) is 5.92 Å². The molecule has 1 saturated carbocycles. The Kier molecular flexibility index (Phi) is 7.56. The molecule has 0 spiro atoms. The van der Waals surface area contributed by atoms with Crippen LogP contribution in [0.25, 0.3) is 0 Å². The Labute approximate surface area is 217 Å². The second kappa shape index (κ2) is 10.2. The number of fused-ring (bicyclic) bond motifs is 1. The van der Waals surface area contributed by atoms with Gasteiger partial charge in [-0.3, -0.25) is 4.90 Å². The van der Waals surface area contributed by atoms with E-state index in [4.69, 9.17) is 4.74 Å². The molecule has 1 fully saturated rings. The van der Waals surface area contributed by atoms with Gasteiger partial charge in [0.05, 0.1) is 34.7 Å². The van der Waals surface area contributed by atoms with E-state index in [2.05, 4.69) is 10.3 Å². The number of ether oxygens (including phenoxy) is 1. The largest absolute Gasteiger partial charge is 0.446 e. The number of hydrogen-bond donors (Lipinski definition) is 1. The fraction of sp³-hybridized carbons (Fsp3) is 0.520. The molecule has 0 bridgehead atoms. The third kappa shape index (κ3) is 6.59. The zero-order chi connectivity index (χ0) is 28.9. The van der Waals surface area contributed by atoms with Gasteiger partial charge >= 0.3 is 24.6 Å². The summed E-state index contributed by atoms with van der Waals surface area (Å²) in [6, 6.07) is 1.38. The zero-order valence-electron chi connectivity index (χ0n) is 20.6. The molecule has 1 aliphatic carbocycles. The Morgan fingerprint density at radius 1 is 0.974 bits per heavy atom. The maximum atomic E-state index is 13.5. The molecule has 1 aromatic carbocycles. The predicted octanol–water partition coefficient (Wildman–Crippen LogP) is 7.50. The first kappa shape index (κ1) is 29.0. The lowest BCUT2D eigenvalue weighted by atomic mass is 9.91. The lowest BCUT2D eigenvalue weighted by molar-refractivity contribution is -0.143. The molecule has 1 N–H and O–H groups in total. The van der Waals surface area contributed by atoms with Gasteiger partial charge in [-0.15, -0.1) is 0 Å². The van der Waals surface area contributed by atoms with Gasteiger partial charge in [0.2, 0.25) is 0 Å². The lowest BCUT2D eigenvalue weighted by Gasteiger charge is -2.40. The summed E-state index contributed by atoms with van der Waals surface area (Å²) in [5.74, 6) is -0.00477. The molecule has 1 aromatic heterocycles. The first-order valence-electron chi connectivity index (χ1n) is 12.0. The Morgan fingerprint density at radius 3 is 2.05 bits per heavy atom. The van der Waals surface area contributed by atoms with Crippen LogP contribution >= 0.6 is 0 Å². The molecule has 2 heterocycles. The van der Waals surface area contributed by atoms with E-state index in [1.807, 2.05) is 0 Å². The first-order valence-corrected chi connectivity index (χ1v) is 12.0. The second-order valence-corrected chi connectivity index (χ2v) is 9.89. The van der Waals surface area contributed by atoms with E-state index in [0.29, 0.717) is 18.2 Å². The Hall–Kier alpha value is -3.03. The number of rotatable bonds is 5. The van der Waals surface area contributed by atoms with Crippen LogP contribution in [-0.2, 0) is 29.8 Å². The van der Waals surface area contributed by atoms with Crippen molar-refractivity contribution in [2.75, 3.05) is 4.90 Å². The highest BCUT2D eigenvalue weighted by Gasteiger charge is 2.46. The number of carbonyl (C=O) groups is 1. The van der Waals surface area contributed by atoms with Crippen LogP contribution in [0.5, 0.6) is 0 Å². The molecule has 2 atom stereocenters. The maximum absolute atomic E-state index is 13.5. The standard InChI is InChI=1S/C25H24F9N3O2/c1-12(2)39-22(38)37-18-5-6-20(25(32,33)34)36-21(18)17(10-19(37)14-3-4-14)35-11-13-7-15(23(26,27)28)9-16(8-13)24(29,30)31/h5-9,12,14,17,19,35H,3-4,10-11H2,1-2H3. The van der Waals surface area contributed by atoms with Crippen LogP contribution in [0.1, 0.15) is 67.2 Å². The van der Waals surface area contributed by atoms with Crippen molar-refractivity contribution in [1.82, 2.24) is 10.3 Å².